The predicted octanol–water partition coefficient (Wildman–Crippen LogP) is -0.105. The third-order valence-electron chi connectivity index (χ3n) is 5.17. The Kier molecular flexibility index (Phi) is 4.74. The number of cyclic esters (lactones) is 1. The number of pyridine rings is 1. The minimum Gasteiger partial charge on any atom is -0.501 e. The summed E-state index contributed by atoms with van der Waals surface area (Å²) in [6, 6.07) is 1.75. The van der Waals surface area contributed by atoms with Crippen molar-refractivity contribution >= 4 is 29.1 Å². The Hall–Kier alpha value is -3.34. The van der Waals surface area contributed by atoms with Gasteiger partial charge in [0, 0.05) is 32.4 Å². The number of fused-ring (bicyclic) bond motifs is 1. The number of likely N-dealkylation sites (N-methyl/N-ethyl adjacent to an activating group) is 1. The van der Waals surface area contributed by atoms with Crippen molar-refractivity contribution in [3.05, 3.63) is 28.3 Å². The van der Waals surface area contributed by atoms with Crippen LogP contribution in [-0.2, 0) is 9.47 Å². The Balaban J connectivity index is 1.94. The minimum absolute atomic E-state index is 0.0601. The van der Waals surface area contributed by atoms with Crippen LogP contribution >= 0.6 is 0 Å². The molecule has 0 atom stereocenters. The van der Waals surface area contributed by atoms with Gasteiger partial charge in [-0.2, -0.15) is 0 Å². The number of carbonyl (C=O) groups excluding carboxylic acids is 2. The number of aromatic nitrogens is 2. The number of methoxy groups -OCH3 is 1. The molecule has 2 aromatic rings. The SMILES string of the molecule is COC(=O)c1nc2c(N3CCOC3=O)cc(N3CCN(C)CC3)cn2c(=O)c1O. The Morgan fingerprint density at radius 2 is 1.93 bits per heavy atom. The van der Waals surface area contributed by atoms with Gasteiger partial charge in [-0.05, 0) is 13.1 Å². The summed E-state index contributed by atoms with van der Waals surface area (Å²) in [5.74, 6) is -1.75. The number of piperazine rings is 1. The van der Waals surface area contributed by atoms with Crippen molar-refractivity contribution in [2.24, 2.45) is 0 Å². The quantitative estimate of drug-likeness (QED) is 0.701. The number of amides is 1. The molecule has 11 nitrogen and oxygen atoms in total. The molecule has 1 N–H and O–H groups in total. The number of rotatable bonds is 3. The number of anilines is 2. The highest BCUT2D eigenvalue weighted by molar-refractivity contribution is 5.96. The summed E-state index contributed by atoms with van der Waals surface area (Å²) in [7, 11) is 3.16. The van der Waals surface area contributed by atoms with E-state index in [1.54, 1.807) is 12.3 Å². The van der Waals surface area contributed by atoms with Gasteiger partial charge in [-0.15, -0.1) is 0 Å². The molecule has 0 bridgehead atoms. The minimum atomic E-state index is -0.944. The van der Waals surface area contributed by atoms with Crippen LogP contribution in [0.3, 0.4) is 0 Å². The summed E-state index contributed by atoms with van der Waals surface area (Å²) < 4.78 is 10.8. The molecule has 4 heterocycles. The Labute approximate surface area is 165 Å². The van der Waals surface area contributed by atoms with Crippen LogP contribution in [0.15, 0.2) is 17.1 Å². The van der Waals surface area contributed by atoms with Crippen LogP contribution in [0.2, 0.25) is 0 Å². The summed E-state index contributed by atoms with van der Waals surface area (Å²) in [5, 5.41) is 10.2. The van der Waals surface area contributed by atoms with Crippen molar-refractivity contribution in [2.75, 3.05) is 63.3 Å². The molecule has 2 aromatic heterocycles. The van der Waals surface area contributed by atoms with E-state index in [-0.39, 0.29) is 18.8 Å². The van der Waals surface area contributed by atoms with Crippen LogP contribution in [0, 0.1) is 0 Å². The fourth-order valence-electron chi connectivity index (χ4n) is 3.49. The molecule has 0 spiro atoms. The molecule has 154 valence electrons. The van der Waals surface area contributed by atoms with Gasteiger partial charge in [-0.25, -0.2) is 14.6 Å². The first-order valence-corrected chi connectivity index (χ1v) is 9.16. The van der Waals surface area contributed by atoms with Crippen LogP contribution in [-0.4, -0.2) is 84.9 Å². The molecule has 2 aliphatic heterocycles. The molecule has 0 aromatic carbocycles. The van der Waals surface area contributed by atoms with Gasteiger partial charge >= 0.3 is 17.6 Å². The predicted molar refractivity (Wildman–Crippen MR) is 103 cm³/mol. The van der Waals surface area contributed by atoms with Gasteiger partial charge < -0.3 is 24.4 Å². The van der Waals surface area contributed by atoms with Crippen molar-refractivity contribution < 1.29 is 24.2 Å². The van der Waals surface area contributed by atoms with Gasteiger partial charge in [-0.1, -0.05) is 0 Å². The van der Waals surface area contributed by atoms with Gasteiger partial charge in [0.2, 0.25) is 5.75 Å². The van der Waals surface area contributed by atoms with Crippen LogP contribution < -0.4 is 15.4 Å². The number of hydrogen-bond donors (Lipinski definition) is 1. The topological polar surface area (TPSA) is 117 Å². The zero-order valence-corrected chi connectivity index (χ0v) is 16.1. The van der Waals surface area contributed by atoms with E-state index < -0.39 is 29.1 Å². The molecule has 0 aliphatic carbocycles. The van der Waals surface area contributed by atoms with Crippen LogP contribution in [0.4, 0.5) is 16.2 Å². The first kappa shape index (κ1) is 19.0. The van der Waals surface area contributed by atoms with Gasteiger partial charge in [0.25, 0.3) is 0 Å². The van der Waals surface area contributed by atoms with Gasteiger partial charge in [0.1, 0.15) is 6.61 Å². The normalized spacial score (nSPS) is 17.7. The molecular weight excluding hydrogens is 382 g/mol. The van der Waals surface area contributed by atoms with E-state index in [0.29, 0.717) is 11.4 Å². The number of ether oxygens (including phenoxy) is 2. The second kappa shape index (κ2) is 7.24. The lowest BCUT2D eigenvalue weighted by molar-refractivity contribution is 0.0590. The molecule has 0 saturated carbocycles. The summed E-state index contributed by atoms with van der Waals surface area (Å²) in [6.45, 7) is 3.65. The first-order chi connectivity index (χ1) is 13.9. The number of hydrogen-bond acceptors (Lipinski definition) is 9. The van der Waals surface area contributed by atoms with Crippen molar-refractivity contribution in [3.8, 4) is 5.75 Å². The average molecular weight is 403 g/mol. The molecule has 2 saturated heterocycles. The Morgan fingerprint density at radius 1 is 1.21 bits per heavy atom. The fraction of sp³-hybridized carbons (Fsp3) is 0.444. The highest BCUT2D eigenvalue weighted by Gasteiger charge is 2.30. The number of nitrogens with zero attached hydrogens (tertiary/aromatic N) is 5. The maximum Gasteiger partial charge on any atom is 0.414 e. The fourth-order valence-corrected chi connectivity index (χ4v) is 3.49. The lowest BCUT2D eigenvalue weighted by atomic mass is 10.2. The van der Waals surface area contributed by atoms with Crippen LogP contribution in [0.1, 0.15) is 10.5 Å². The maximum absolute atomic E-state index is 12.8. The zero-order valence-electron chi connectivity index (χ0n) is 16.1. The summed E-state index contributed by atoms with van der Waals surface area (Å²) >= 11 is 0. The lowest BCUT2D eigenvalue weighted by Gasteiger charge is -2.34. The highest BCUT2D eigenvalue weighted by Crippen LogP contribution is 2.30. The van der Waals surface area contributed by atoms with Gasteiger partial charge in [0.15, 0.2) is 11.3 Å². The standard InChI is InChI=1S/C18H21N5O6/c1-20-3-5-21(6-4-20)11-9-12(22-7-8-29-18(22)27)15-19-13(17(26)28-2)14(24)16(25)23(15)10-11/h9-10,24H,3-8H2,1-2H3. The first-order valence-electron chi connectivity index (χ1n) is 9.16. The summed E-state index contributed by atoms with van der Waals surface area (Å²) in [5.41, 5.74) is -0.232. The molecule has 11 heteroatoms. The zero-order chi connectivity index (χ0) is 20.7. The van der Waals surface area contributed by atoms with E-state index in [1.807, 2.05) is 7.05 Å². The lowest BCUT2D eigenvalue weighted by Crippen LogP contribution is -2.44. The monoisotopic (exact) mass is 403 g/mol. The molecule has 0 unspecified atom stereocenters. The number of esters is 1. The van der Waals surface area contributed by atoms with Crippen molar-refractivity contribution in [1.82, 2.24) is 14.3 Å². The largest absolute Gasteiger partial charge is 0.501 e. The molecule has 2 fully saturated rings. The molecule has 2 aliphatic rings. The Morgan fingerprint density at radius 3 is 2.55 bits per heavy atom. The summed E-state index contributed by atoms with van der Waals surface area (Å²) in [4.78, 5) is 46.8. The third-order valence-corrected chi connectivity index (χ3v) is 5.17. The van der Waals surface area contributed by atoms with Crippen molar-refractivity contribution in [3.63, 3.8) is 0 Å². The second-order valence-corrected chi connectivity index (χ2v) is 6.94. The van der Waals surface area contributed by atoms with E-state index in [0.717, 1.165) is 37.7 Å². The van der Waals surface area contributed by atoms with E-state index in [2.05, 4.69) is 19.5 Å². The van der Waals surface area contributed by atoms with E-state index in [4.69, 9.17) is 4.74 Å². The van der Waals surface area contributed by atoms with Crippen molar-refractivity contribution in [1.29, 1.82) is 0 Å². The third kappa shape index (κ3) is 3.23. The molecule has 4 rings (SSSR count). The molecule has 1 amide bonds. The van der Waals surface area contributed by atoms with E-state index >= 15 is 0 Å². The Bertz CT molecular complexity index is 1040. The number of aromatic hydroxyl groups is 1. The molecule has 0 radical (unpaired) electrons. The second-order valence-electron chi connectivity index (χ2n) is 6.94. The molecule has 29 heavy (non-hydrogen) atoms. The van der Waals surface area contributed by atoms with Gasteiger partial charge in [0.05, 0.1) is 25.0 Å². The average Bonchev–Trinajstić information content (AvgIpc) is 3.15. The van der Waals surface area contributed by atoms with Gasteiger partial charge in [-0.3, -0.25) is 14.1 Å². The van der Waals surface area contributed by atoms with E-state index in [9.17, 15) is 19.5 Å². The molecular formula is C18H21N5O6. The van der Waals surface area contributed by atoms with Crippen LogP contribution in [0.5, 0.6) is 5.75 Å². The highest BCUT2D eigenvalue weighted by atomic mass is 16.6. The maximum atomic E-state index is 12.8. The summed E-state index contributed by atoms with van der Waals surface area (Å²) in [6.07, 6.45) is 0.992. The van der Waals surface area contributed by atoms with Crippen molar-refractivity contribution in [2.45, 2.75) is 0 Å². The smallest absolute Gasteiger partial charge is 0.414 e. The van der Waals surface area contributed by atoms with E-state index in [1.165, 1.54) is 4.90 Å². The number of carbonyl (C=O) groups is 2. The van der Waals surface area contributed by atoms with Crippen LogP contribution in [0.25, 0.3) is 5.65 Å².